The second-order valence-corrected chi connectivity index (χ2v) is 6.40. The lowest BCUT2D eigenvalue weighted by Crippen LogP contribution is -2.12. The molecule has 0 saturated carbocycles. The predicted molar refractivity (Wildman–Crippen MR) is 88.6 cm³/mol. The molecule has 3 aromatic rings. The number of nitrogens with zero attached hydrogens (tertiary/aromatic N) is 3. The molecule has 2 aliphatic heterocycles. The summed E-state index contributed by atoms with van der Waals surface area (Å²) in [4.78, 5) is 9.19. The number of hydrogen-bond donors (Lipinski definition) is 1. The number of hydrogen-bond acceptors (Lipinski definition) is 4. The highest BCUT2D eigenvalue weighted by Gasteiger charge is 2.38. The van der Waals surface area contributed by atoms with E-state index in [2.05, 4.69) is 33.1 Å². The predicted octanol–water partition coefficient (Wildman–Crippen LogP) is 2.42. The molecule has 2 atom stereocenters. The van der Waals surface area contributed by atoms with Gasteiger partial charge in [-0.15, -0.1) is 0 Å². The first-order valence-electron chi connectivity index (χ1n) is 8.05. The molecular formula is C18H18N4O. The molecule has 2 aromatic heterocycles. The van der Waals surface area contributed by atoms with Gasteiger partial charge in [0.05, 0.1) is 18.1 Å². The zero-order valence-corrected chi connectivity index (χ0v) is 13.0. The van der Waals surface area contributed by atoms with Crippen LogP contribution in [0.4, 0.5) is 0 Å². The number of imidazole rings is 1. The molecule has 5 nitrogen and oxygen atoms in total. The summed E-state index contributed by atoms with van der Waals surface area (Å²) in [5.74, 6) is 3.17. The van der Waals surface area contributed by atoms with E-state index in [1.54, 1.807) is 7.11 Å². The molecule has 0 amide bonds. The molecular weight excluding hydrogens is 288 g/mol. The standard InChI is InChI=1S/C18H18N4O/c1-23-17-5-3-12(8-20-17)11-2-4-15-16(6-11)22-10-13-7-19-9-14(13)18(22)21-15/h2-6,8,13-14,19H,7,9-10H2,1H3. The fraction of sp³-hybridized carbons (Fsp3) is 0.333. The van der Waals surface area contributed by atoms with Gasteiger partial charge < -0.3 is 14.6 Å². The van der Waals surface area contributed by atoms with Gasteiger partial charge in [0.1, 0.15) is 5.82 Å². The average Bonchev–Trinajstić information content (AvgIpc) is 3.26. The second-order valence-electron chi connectivity index (χ2n) is 6.40. The maximum absolute atomic E-state index is 5.13. The quantitative estimate of drug-likeness (QED) is 0.790. The molecule has 1 saturated heterocycles. The van der Waals surface area contributed by atoms with Crippen LogP contribution >= 0.6 is 0 Å². The minimum Gasteiger partial charge on any atom is -0.481 e. The third-order valence-electron chi connectivity index (χ3n) is 5.15. The topological polar surface area (TPSA) is 52.0 Å². The van der Waals surface area contributed by atoms with Gasteiger partial charge >= 0.3 is 0 Å². The van der Waals surface area contributed by atoms with E-state index >= 15 is 0 Å². The lowest BCUT2D eigenvalue weighted by Gasteiger charge is -2.07. The summed E-state index contributed by atoms with van der Waals surface area (Å²) in [5.41, 5.74) is 4.60. The maximum atomic E-state index is 5.13. The Morgan fingerprint density at radius 2 is 2.09 bits per heavy atom. The van der Waals surface area contributed by atoms with E-state index in [9.17, 15) is 0 Å². The zero-order chi connectivity index (χ0) is 15.4. The fourth-order valence-corrected chi connectivity index (χ4v) is 3.93. The Kier molecular flexibility index (Phi) is 2.73. The molecule has 0 bridgehead atoms. The molecule has 1 aromatic carbocycles. The summed E-state index contributed by atoms with van der Waals surface area (Å²) in [5, 5.41) is 3.48. The molecule has 23 heavy (non-hydrogen) atoms. The molecule has 0 radical (unpaired) electrons. The van der Waals surface area contributed by atoms with Crippen molar-refractivity contribution in [2.24, 2.45) is 5.92 Å². The Morgan fingerprint density at radius 1 is 1.17 bits per heavy atom. The molecule has 1 N–H and O–H groups in total. The first-order chi connectivity index (χ1) is 11.3. The van der Waals surface area contributed by atoms with E-state index < -0.39 is 0 Å². The van der Waals surface area contributed by atoms with Crippen molar-refractivity contribution in [2.75, 3.05) is 20.2 Å². The highest BCUT2D eigenvalue weighted by Crippen LogP contribution is 2.38. The first kappa shape index (κ1) is 13.1. The lowest BCUT2D eigenvalue weighted by molar-refractivity contribution is 0.398. The largest absolute Gasteiger partial charge is 0.481 e. The number of pyridine rings is 1. The summed E-state index contributed by atoms with van der Waals surface area (Å²) in [6.45, 7) is 3.24. The fourth-order valence-electron chi connectivity index (χ4n) is 3.93. The minimum atomic E-state index is 0.577. The molecule has 1 fully saturated rings. The number of benzene rings is 1. The van der Waals surface area contributed by atoms with E-state index in [1.807, 2.05) is 18.3 Å². The summed E-state index contributed by atoms with van der Waals surface area (Å²) < 4.78 is 7.54. The molecule has 2 aliphatic rings. The zero-order valence-electron chi connectivity index (χ0n) is 13.0. The van der Waals surface area contributed by atoms with Gasteiger partial charge in [-0.3, -0.25) is 0 Å². The lowest BCUT2D eigenvalue weighted by atomic mass is 9.99. The van der Waals surface area contributed by atoms with Crippen molar-refractivity contribution in [3.05, 3.63) is 42.4 Å². The summed E-state index contributed by atoms with van der Waals surface area (Å²) in [6, 6.07) is 10.4. The van der Waals surface area contributed by atoms with Crippen LogP contribution in [0.15, 0.2) is 36.5 Å². The normalized spacial score (nSPS) is 22.3. The minimum absolute atomic E-state index is 0.577. The molecule has 116 valence electrons. The summed E-state index contributed by atoms with van der Waals surface area (Å²) in [6.07, 6.45) is 1.86. The van der Waals surface area contributed by atoms with Crippen LogP contribution in [0.3, 0.4) is 0 Å². The number of nitrogens with one attached hydrogen (secondary N) is 1. The molecule has 0 aliphatic carbocycles. The number of aromatic nitrogens is 3. The highest BCUT2D eigenvalue weighted by atomic mass is 16.5. The van der Waals surface area contributed by atoms with Gasteiger partial charge in [0.15, 0.2) is 0 Å². The molecule has 0 spiro atoms. The van der Waals surface area contributed by atoms with E-state index in [4.69, 9.17) is 9.72 Å². The summed E-state index contributed by atoms with van der Waals surface area (Å²) >= 11 is 0. The van der Waals surface area contributed by atoms with Crippen molar-refractivity contribution in [2.45, 2.75) is 12.5 Å². The maximum Gasteiger partial charge on any atom is 0.212 e. The third kappa shape index (κ3) is 1.90. The summed E-state index contributed by atoms with van der Waals surface area (Å²) in [7, 11) is 1.63. The van der Waals surface area contributed by atoms with Crippen LogP contribution in [-0.2, 0) is 6.54 Å². The molecule has 4 heterocycles. The Hall–Kier alpha value is -2.40. The van der Waals surface area contributed by atoms with Crippen LogP contribution < -0.4 is 10.1 Å². The number of fused-ring (bicyclic) bond motifs is 5. The van der Waals surface area contributed by atoms with Gasteiger partial charge in [-0.1, -0.05) is 6.07 Å². The Labute approximate surface area is 134 Å². The highest BCUT2D eigenvalue weighted by molar-refractivity contribution is 5.83. The van der Waals surface area contributed by atoms with Gasteiger partial charge in [0.25, 0.3) is 0 Å². The van der Waals surface area contributed by atoms with Crippen molar-refractivity contribution in [3.63, 3.8) is 0 Å². The molecule has 5 heteroatoms. The number of ether oxygens (including phenoxy) is 1. The van der Waals surface area contributed by atoms with Crippen LogP contribution in [0, 0.1) is 5.92 Å². The van der Waals surface area contributed by atoms with Crippen LogP contribution in [0.1, 0.15) is 11.7 Å². The van der Waals surface area contributed by atoms with Gasteiger partial charge in [-0.25, -0.2) is 9.97 Å². The number of methoxy groups -OCH3 is 1. The van der Waals surface area contributed by atoms with Gasteiger partial charge in [0.2, 0.25) is 5.88 Å². The molecule has 2 unspecified atom stereocenters. The average molecular weight is 306 g/mol. The monoisotopic (exact) mass is 306 g/mol. The second kappa shape index (κ2) is 4.80. The Morgan fingerprint density at radius 3 is 2.91 bits per heavy atom. The van der Waals surface area contributed by atoms with Gasteiger partial charge in [-0.05, 0) is 23.8 Å². The van der Waals surface area contributed by atoms with Crippen molar-refractivity contribution < 1.29 is 4.74 Å². The molecule has 5 rings (SSSR count). The smallest absolute Gasteiger partial charge is 0.212 e. The van der Waals surface area contributed by atoms with E-state index in [0.717, 1.165) is 30.7 Å². The van der Waals surface area contributed by atoms with E-state index in [0.29, 0.717) is 17.7 Å². The van der Waals surface area contributed by atoms with Crippen LogP contribution in [-0.4, -0.2) is 34.7 Å². The van der Waals surface area contributed by atoms with E-state index in [1.165, 1.54) is 16.9 Å². The van der Waals surface area contributed by atoms with Crippen LogP contribution in [0.2, 0.25) is 0 Å². The third-order valence-corrected chi connectivity index (χ3v) is 5.15. The SMILES string of the molecule is COc1ccc(-c2ccc3nc4n(c3c2)CC2CNCC42)cn1. The van der Waals surface area contributed by atoms with Crippen LogP contribution in [0.25, 0.3) is 22.2 Å². The van der Waals surface area contributed by atoms with Crippen molar-refractivity contribution in [1.29, 1.82) is 0 Å². The Bertz CT molecular complexity index is 884. The Balaban J connectivity index is 1.60. The van der Waals surface area contributed by atoms with Crippen molar-refractivity contribution in [1.82, 2.24) is 19.9 Å². The van der Waals surface area contributed by atoms with Crippen molar-refractivity contribution >= 4 is 11.0 Å². The van der Waals surface area contributed by atoms with Crippen molar-refractivity contribution in [3.8, 4) is 17.0 Å². The van der Waals surface area contributed by atoms with Crippen LogP contribution in [0.5, 0.6) is 5.88 Å². The van der Waals surface area contributed by atoms with Gasteiger partial charge in [0, 0.05) is 49.3 Å². The first-order valence-corrected chi connectivity index (χ1v) is 8.05. The number of rotatable bonds is 2. The van der Waals surface area contributed by atoms with Gasteiger partial charge in [-0.2, -0.15) is 0 Å². The van der Waals surface area contributed by atoms with E-state index in [-0.39, 0.29) is 0 Å².